The first-order chi connectivity index (χ1) is 9.57. The summed E-state index contributed by atoms with van der Waals surface area (Å²) in [5.41, 5.74) is 0.207. The molecule has 1 aliphatic rings. The molecule has 1 aromatic carbocycles. The summed E-state index contributed by atoms with van der Waals surface area (Å²) in [5.74, 6) is -0.751. The molecule has 1 amide bonds. The van der Waals surface area contributed by atoms with Gasteiger partial charge in [-0.25, -0.2) is 4.39 Å². The maximum atomic E-state index is 13.6. The van der Waals surface area contributed by atoms with Gasteiger partial charge in [-0.1, -0.05) is 12.1 Å². The number of benzene rings is 1. The second-order valence-electron chi connectivity index (χ2n) is 5.05. The zero-order valence-corrected chi connectivity index (χ0v) is 10.7. The summed E-state index contributed by atoms with van der Waals surface area (Å²) in [4.78, 5) is 11.9. The van der Waals surface area contributed by atoms with E-state index in [1.165, 1.54) is 12.1 Å². The number of aromatic amines is 1. The van der Waals surface area contributed by atoms with Gasteiger partial charge in [-0.3, -0.25) is 9.89 Å². The molecule has 0 bridgehead atoms. The van der Waals surface area contributed by atoms with E-state index in [9.17, 15) is 14.3 Å². The van der Waals surface area contributed by atoms with Crippen LogP contribution in [0.25, 0.3) is 11.3 Å². The van der Waals surface area contributed by atoms with Crippen LogP contribution in [-0.2, 0) is 0 Å². The normalized spacial score (nSPS) is 15.9. The molecule has 0 aliphatic heterocycles. The number of H-pyrrole nitrogens is 1. The molecule has 0 saturated heterocycles. The van der Waals surface area contributed by atoms with Gasteiger partial charge >= 0.3 is 0 Å². The van der Waals surface area contributed by atoms with E-state index in [4.69, 9.17) is 0 Å². The van der Waals surface area contributed by atoms with Crippen LogP contribution < -0.4 is 5.32 Å². The molecule has 0 unspecified atom stereocenters. The summed E-state index contributed by atoms with van der Waals surface area (Å²) in [5, 5.41) is 18.8. The van der Waals surface area contributed by atoms with Crippen LogP contribution in [0.15, 0.2) is 30.3 Å². The minimum atomic E-state index is -0.746. The molecule has 0 spiro atoms. The molecule has 3 rings (SSSR count). The first kappa shape index (κ1) is 12.8. The van der Waals surface area contributed by atoms with Crippen LogP contribution >= 0.6 is 0 Å². The highest BCUT2D eigenvalue weighted by molar-refractivity contribution is 5.93. The lowest BCUT2D eigenvalue weighted by Gasteiger charge is -2.07. The molecular formula is C14H14FN3O2. The Hall–Kier alpha value is -2.21. The quantitative estimate of drug-likeness (QED) is 0.790. The van der Waals surface area contributed by atoms with Gasteiger partial charge in [0.2, 0.25) is 0 Å². The maximum Gasteiger partial charge on any atom is 0.269 e. The smallest absolute Gasteiger partial charge is 0.269 e. The Morgan fingerprint density at radius 1 is 1.45 bits per heavy atom. The van der Waals surface area contributed by atoms with Crippen molar-refractivity contribution in [3.8, 4) is 11.3 Å². The van der Waals surface area contributed by atoms with E-state index < -0.39 is 11.4 Å². The Morgan fingerprint density at radius 3 is 2.90 bits per heavy atom. The third kappa shape index (κ3) is 2.55. The fourth-order valence-corrected chi connectivity index (χ4v) is 1.91. The number of carbonyl (C=O) groups excluding carboxylic acids is 1. The average molecular weight is 275 g/mol. The lowest BCUT2D eigenvalue weighted by atomic mass is 10.1. The van der Waals surface area contributed by atoms with Crippen LogP contribution in [0.5, 0.6) is 0 Å². The second-order valence-corrected chi connectivity index (χ2v) is 5.05. The van der Waals surface area contributed by atoms with Crippen LogP contribution in [0.4, 0.5) is 4.39 Å². The Morgan fingerprint density at radius 2 is 2.20 bits per heavy atom. The summed E-state index contributed by atoms with van der Waals surface area (Å²) < 4.78 is 13.6. The molecule has 0 radical (unpaired) electrons. The largest absolute Gasteiger partial charge is 0.388 e. The minimum absolute atomic E-state index is 0.222. The molecule has 5 nitrogen and oxygen atoms in total. The van der Waals surface area contributed by atoms with Gasteiger partial charge in [-0.15, -0.1) is 0 Å². The van der Waals surface area contributed by atoms with E-state index in [-0.39, 0.29) is 18.1 Å². The van der Waals surface area contributed by atoms with Crippen LogP contribution in [-0.4, -0.2) is 33.4 Å². The standard InChI is InChI=1S/C14H14FN3O2/c15-10-4-2-1-3-9(10)11-7-12(18-17-11)13(19)16-8-14(20)5-6-14/h1-4,7,20H,5-6,8H2,(H,16,19)(H,17,18). The van der Waals surface area contributed by atoms with Gasteiger partial charge in [-0.2, -0.15) is 5.10 Å². The van der Waals surface area contributed by atoms with Gasteiger partial charge < -0.3 is 10.4 Å². The number of nitrogens with zero attached hydrogens (tertiary/aromatic N) is 1. The predicted molar refractivity (Wildman–Crippen MR) is 70.5 cm³/mol. The summed E-state index contributed by atoms with van der Waals surface area (Å²) in [7, 11) is 0. The molecule has 2 aromatic rings. The Labute approximate surface area is 114 Å². The van der Waals surface area contributed by atoms with Gasteiger partial charge in [0.25, 0.3) is 5.91 Å². The van der Waals surface area contributed by atoms with E-state index in [2.05, 4.69) is 15.5 Å². The molecule has 1 aliphatic carbocycles. The first-order valence-corrected chi connectivity index (χ1v) is 6.38. The minimum Gasteiger partial charge on any atom is -0.388 e. The summed E-state index contributed by atoms with van der Waals surface area (Å²) in [6, 6.07) is 7.72. The number of nitrogens with one attached hydrogen (secondary N) is 2. The Kier molecular flexibility index (Phi) is 3.02. The van der Waals surface area contributed by atoms with Crippen LogP contribution in [0.2, 0.25) is 0 Å². The van der Waals surface area contributed by atoms with E-state index >= 15 is 0 Å². The molecule has 6 heteroatoms. The highest BCUT2D eigenvalue weighted by atomic mass is 19.1. The molecule has 1 fully saturated rings. The number of amides is 1. The van der Waals surface area contributed by atoms with Crippen LogP contribution in [0, 0.1) is 5.82 Å². The fraction of sp³-hybridized carbons (Fsp3) is 0.286. The molecule has 20 heavy (non-hydrogen) atoms. The third-order valence-corrected chi connectivity index (χ3v) is 3.38. The zero-order chi connectivity index (χ0) is 14.2. The molecular weight excluding hydrogens is 261 g/mol. The van der Waals surface area contributed by atoms with Gasteiger partial charge in [0.1, 0.15) is 11.5 Å². The number of carbonyl (C=O) groups is 1. The van der Waals surface area contributed by atoms with Crippen LogP contribution in [0.3, 0.4) is 0 Å². The van der Waals surface area contributed by atoms with E-state index in [1.807, 2.05) is 0 Å². The van der Waals surface area contributed by atoms with Crippen molar-refractivity contribution in [1.82, 2.24) is 15.5 Å². The lowest BCUT2D eigenvalue weighted by Crippen LogP contribution is -2.33. The number of aromatic nitrogens is 2. The fourth-order valence-electron chi connectivity index (χ4n) is 1.91. The predicted octanol–water partition coefficient (Wildman–Crippen LogP) is 1.47. The molecule has 0 atom stereocenters. The van der Waals surface area contributed by atoms with Crippen molar-refractivity contribution in [3.05, 3.63) is 41.8 Å². The molecule has 1 aromatic heterocycles. The van der Waals surface area contributed by atoms with E-state index in [1.54, 1.807) is 18.2 Å². The van der Waals surface area contributed by atoms with Gasteiger partial charge in [-0.05, 0) is 31.0 Å². The van der Waals surface area contributed by atoms with Crippen LogP contribution in [0.1, 0.15) is 23.3 Å². The highest BCUT2D eigenvalue weighted by Crippen LogP contribution is 2.33. The molecule has 3 N–H and O–H groups in total. The molecule has 1 saturated carbocycles. The van der Waals surface area contributed by atoms with E-state index in [0.29, 0.717) is 24.1 Å². The number of halogens is 1. The topological polar surface area (TPSA) is 78.0 Å². The molecule has 104 valence electrons. The lowest BCUT2D eigenvalue weighted by molar-refractivity contribution is 0.0891. The second kappa shape index (κ2) is 4.72. The molecule has 1 heterocycles. The SMILES string of the molecule is O=C(NCC1(O)CC1)c1cc(-c2ccccc2F)n[nH]1. The number of rotatable bonds is 4. The summed E-state index contributed by atoms with van der Waals surface area (Å²) >= 11 is 0. The first-order valence-electron chi connectivity index (χ1n) is 6.38. The van der Waals surface area contributed by atoms with Crippen molar-refractivity contribution >= 4 is 5.91 Å². The van der Waals surface area contributed by atoms with Crippen molar-refractivity contribution in [2.24, 2.45) is 0 Å². The zero-order valence-electron chi connectivity index (χ0n) is 10.7. The summed E-state index contributed by atoms with van der Waals surface area (Å²) in [6.45, 7) is 0.222. The Balaban J connectivity index is 1.73. The van der Waals surface area contributed by atoms with E-state index in [0.717, 1.165) is 0 Å². The van der Waals surface area contributed by atoms with Crippen molar-refractivity contribution in [1.29, 1.82) is 0 Å². The van der Waals surface area contributed by atoms with Gasteiger partial charge in [0.05, 0.1) is 11.3 Å². The van der Waals surface area contributed by atoms with Crippen molar-refractivity contribution in [2.75, 3.05) is 6.54 Å². The van der Waals surface area contributed by atoms with Crippen molar-refractivity contribution in [3.63, 3.8) is 0 Å². The van der Waals surface area contributed by atoms with Gasteiger partial charge in [0, 0.05) is 12.1 Å². The number of hydrogen-bond acceptors (Lipinski definition) is 3. The van der Waals surface area contributed by atoms with Crippen molar-refractivity contribution in [2.45, 2.75) is 18.4 Å². The average Bonchev–Trinajstić information content (AvgIpc) is 2.99. The highest BCUT2D eigenvalue weighted by Gasteiger charge is 2.40. The van der Waals surface area contributed by atoms with Crippen molar-refractivity contribution < 1.29 is 14.3 Å². The number of hydrogen-bond donors (Lipinski definition) is 3. The number of aliphatic hydroxyl groups is 1. The monoisotopic (exact) mass is 275 g/mol. The van der Waals surface area contributed by atoms with Gasteiger partial charge in [0.15, 0.2) is 0 Å². The maximum absolute atomic E-state index is 13.6. The summed E-state index contributed by atoms with van der Waals surface area (Å²) in [6.07, 6.45) is 1.41. The Bertz CT molecular complexity index is 649. The third-order valence-electron chi connectivity index (χ3n) is 3.38.